The van der Waals surface area contributed by atoms with Crippen molar-refractivity contribution in [2.75, 3.05) is 6.54 Å². The molecule has 7 heteroatoms. The number of benzene rings is 1. The highest BCUT2D eigenvalue weighted by Crippen LogP contribution is 2.26. The van der Waals surface area contributed by atoms with Crippen molar-refractivity contribution >= 4 is 28.4 Å². The highest BCUT2D eigenvalue weighted by Gasteiger charge is 2.23. The largest absolute Gasteiger partial charge is 0.508 e. The minimum atomic E-state index is -0.378. The topological polar surface area (TPSA) is 67.5 Å². The lowest BCUT2D eigenvalue weighted by atomic mass is 10.2. The quantitative estimate of drug-likeness (QED) is 0.752. The normalized spacial score (nSPS) is 13.8. The summed E-state index contributed by atoms with van der Waals surface area (Å²) in [6, 6.07) is 10.5. The number of rotatable bonds is 2. The maximum atomic E-state index is 12.7. The van der Waals surface area contributed by atoms with Gasteiger partial charge in [-0.1, -0.05) is 17.7 Å². The fourth-order valence-electron chi connectivity index (χ4n) is 3.54. The van der Waals surface area contributed by atoms with Crippen molar-refractivity contribution in [1.82, 2.24) is 14.0 Å². The molecule has 26 heavy (non-hydrogen) atoms. The maximum Gasteiger partial charge on any atom is 0.254 e. The number of hydrogen-bond donors (Lipinski definition) is 1. The number of carbonyl (C=O) groups excluding carboxylic acids is 1. The molecule has 0 saturated carbocycles. The Kier molecular flexibility index (Phi) is 4.00. The summed E-state index contributed by atoms with van der Waals surface area (Å²) >= 11 is 6.10. The molecule has 1 aliphatic rings. The Bertz CT molecular complexity index is 1080. The Morgan fingerprint density at radius 2 is 2.00 bits per heavy atom. The van der Waals surface area contributed by atoms with Crippen LogP contribution in [0.4, 0.5) is 0 Å². The summed E-state index contributed by atoms with van der Waals surface area (Å²) < 4.78 is 3.56. The Hall–Kier alpha value is -2.73. The zero-order valence-corrected chi connectivity index (χ0v) is 15.0. The Morgan fingerprint density at radius 1 is 1.19 bits per heavy atom. The predicted octanol–water partition coefficient (Wildman–Crippen LogP) is 2.51. The molecule has 0 atom stereocenters. The van der Waals surface area contributed by atoms with Crippen molar-refractivity contribution in [2.24, 2.45) is 0 Å². The van der Waals surface area contributed by atoms with Crippen molar-refractivity contribution < 1.29 is 9.90 Å². The van der Waals surface area contributed by atoms with Gasteiger partial charge in [0, 0.05) is 46.5 Å². The van der Waals surface area contributed by atoms with Crippen molar-refractivity contribution in [2.45, 2.75) is 26.6 Å². The first-order valence-electron chi connectivity index (χ1n) is 8.38. The molecule has 3 heterocycles. The molecule has 1 N–H and O–H groups in total. The van der Waals surface area contributed by atoms with Crippen LogP contribution in [0.3, 0.4) is 0 Å². The van der Waals surface area contributed by atoms with Crippen molar-refractivity contribution in [1.29, 1.82) is 0 Å². The van der Waals surface area contributed by atoms with Gasteiger partial charge in [-0.15, -0.1) is 0 Å². The first-order valence-corrected chi connectivity index (χ1v) is 8.76. The molecule has 2 aromatic heterocycles. The standard InChI is InChI=1S/C19H18ClN3O3/c1-12-6-16(24)9-18(25)23(12)11-19(26)21-4-5-22-15(10-21)7-13-2-3-14(20)8-17(13)22/h2-3,6-9,24H,4-5,10-11H2,1H3. The van der Waals surface area contributed by atoms with Gasteiger partial charge in [0.1, 0.15) is 12.3 Å². The van der Waals surface area contributed by atoms with Gasteiger partial charge in [-0.3, -0.25) is 9.59 Å². The summed E-state index contributed by atoms with van der Waals surface area (Å²) in [7, 11) is 0. The molecular weight excluding hydrogens is 354 g/mol. The second-order valence-corrected chi connectivity index (χ2v) is 7.02. The molecular formula is C19H18ClN3O3. The first kappa shape index (κ1) is 16.7. The molecule has 0 bridgehead atoms. The van der Waals surface area contributed by atoms with Crippen LogP contribution in [0.15, 0.2) is 41.2 Å². The summed E-state index contributed by atoms with van der Waals surface area (Å²) in [5.41, 5.74) is 2.31. The molecule has 134 valence electrons. The van der Waals surface area contributed by atoms with E-state index in [1.807, 2.05) is 18.2 Å². The number of amides is 1. The lowest BCUT2D eigenvalue weighted by Gasteiger charge is -2.29. The van der Waals surface area contributed by atoms with E-state index in [0.29, 0.717) is 30.4 Å². The number of halogens is 1. The molecule has 1 amide bonds. The highest BCUT2D eigenvalue weighted by molar-refractivity contribution is 6.31. The van der Waals surface area contributed by atoms with E-state index in [9.17, 15) is 14.7 Å². The van der Waals surface area contributed by atoms with Crippen LogP contribution in [0, 0.1) is 6.92 Å². The summed E-state index contributed by atoms with van der Waals surface area (Å²) in [6.45, 7) is 3.43. The van der Waals surface area contributed by atoms with Gasteiger partial charge >= 0.3 is 0 Å². The molecule has 0 spiro atoms. The number of aromatic hydroxyl groups is 1. The van der Waals surface area contributed by atoms with Crippen LogP contribution < -0.4 is 5.56 Å². The van der Waals surface area contributed by atoms with E-state index in [1.165, 1.54) is 10.6 Å². The van der Waals surface area contributed by atoms with Crippen LogP contribution in [-0.2, 0) is 24.4 Å². The number of aromatic nitrogens is 2. The molecule has 4 rings (SSSR count). The van der Waals surface area contributed by atoms with Crippen molar-refractivity contribution in [3.05, 3.63) is 63.2 Å². The summed E-state index contributed by atoms with van der Waals surface area (Å²) in [4.78, 5) is 26.5. The van der Waals surface area contributed by atoms with Crippen LogP contribution in [-0.4, -0.2) is 31.6 Å². The monoisotopic (exact) mass is 371 g/mol. The number of pyridine rings is 1. The number of hydrogen-bond acceptors (Lipinski definition) is 3. The highest BCUT2D eigenvalue weighted by atomic mass is 35.5. The Balaban J connectivity index is 1.58. The summed E-state index contributed by atoms with van der Waals surface area (Å²) in [5.74, 6) is -0.201. The van der Waals surface area contributed by atoms with Gasteiger partial charge in [0.15, 0.2) is 0 Å². The zero-order chi connectivity index (χ0) is 18.4. The van der Waals surface area contributed by atoms with E-state index in [1.54, 1.807) is 11.8 Å². The minimum absolute atomic E-state index is 0.0308. The second-order valence-electron chi connectivity index (χ2n) is 6.59. The molecule has 0 saturated heterocycles. The molecule has 0 aliphatic carbocycles. The third kappa shape index (κ3) is 2.86. The van der Waals surface area contributed by atoms with Crippen LogP contribution in [0.5, 0.6) is 5.75 Å². The average Bonchev–Trinajstić information content (AvgIpc) is 2.94. The van der Waals surface area contributed by atoms with Gasteiger partial charge in [-0.2, -0.15) is 0 Å². The second kappa shape index (κ2) is 6.21. The Morgan fingerprint density at radius 3 is 2.77 bits per heavy atom. The van der Waals surface area contributed by atoms with E-state index in [0.717, 1.165) is 22.7 Å². The SMILES string of the molecule is Cc1cc(O)cc(=O)n1CC(=O)N1CCn2c(cc3ccc(Cl)cc32)C1. The zero-order valence-electron chi connectivity index (χ0n) is 14.3. The number of aryl methyl sites for hydroxylation is 1. The fourth-order valence-corrected chi connectivity index (χ4v) is 3.70. The first-order chi connectivity index (χ1) is 12.4. The summed E-state index contributed by atoms with van der Waals surface area (Å²) in [6.07, 6.45) is 0. The number of carbonyl (C=O) groups is 1. The van der Waals surface area contributed by atoms with Crippen LogP contribution in [0.25, 0.3) is 10.9 Å². The molecule has 3 aromatic rings. The Labute approximate surface area is 154 Å². The third-order valence-corrected chi connectivity index (χ3v) is 5.10. The van der Waals surface area contributed by atoms with Crippen molar-refractivity contribution in [3.63, 3.8) is 0 Å². The van der Waals surface area contributed by atoms with E-state index in [4.69, 9.17) is 11.6 Å². The molecule has 1 aromatic carbocycles. The molecule has 1 aliphatic heterocycles. The van der Waals surface area contributed by atoms with Crippen LogP contribution in [0.2, 0.25) is 5.02 Å². The minimum Gasteiger partial charge on any atom is -0.508 e. The van der Waals surface area contributed by atoms with E-state index in [-0.39, 0.29) is 23.8 Å². The van der Waals surface area contributed by atoms with Gasteiger partial charge in [-0.05, 0) is 31.2 Å². The third-order valence-electron chi connectivity index (χ3n) is 4.86. The predicted molar refractivity (Wildman–Crippen MR) is 99.5 cm³/mol. The van der Waals surface area contributed by atoms with Gasteiger partial charge in [0.05, 0.1) is 6.54 Å². The average molecular weight is 372 g/mol. The summed E-state index contributed by atoms with van der Waals surface area (Å²) in [5, 5.41) is 11.3. The van der Waals surface area contributed by atoms with Gasteiger partial charge in [0.25, 0.3) is 5.56 Å². The lowest BCUT2D eigenvalue weighted by Crippen LogP contribution is -2.41. The smallest absolute Gasteiger partial charge is 0.254 e. The lowest BCUT2D eigenvalue weighted by molar-refractivity contribution is -0.133. The van der Waals surface area contributed by atoms with Crippen LogP contribution in [0.1, 0.15) is 11.4 Å². The van der Waals surface area contributed by atoms with E-state index in [2.05, 4.69) is 10.6 Å². The molecule has 0 fully saturated rings. The van der Waals surface area contributed by atoms with E-state index < -0.39 is 0 Å². The number of nitrogens with zero attached hydrogens (tertiary/aromatic N) is 3. The van der Waals surface area contributed by atoms with E-state index >= 15 is 0 Å². The molecule has 6 nitrogen and oxygen atoms in total. The molecule has 0 radical (unpaired) electrons. The molecule has 0 unspecified atom stereocenters. The van der Waals surface area contributed by atoms with Gasteiger partial charge in [-0.25, -0.2) is 0 Å². The fraction of sp³-hybridized carbons (Fsp3) is 0.263. The van der Waals surface area contributed by atoms with Crippen LogP contribution >= 0.6 is 11.6 Å². The van der Waals surface area contributed by atoms with Gasteiger partial charge in [0.2, 0.25) is 5.91 Å². The number of fused-ring (bicyclic) bond motifs is 3. The van der Waals surface area contributed by atoms with Crippen molar-refractivity contribution in [3.8, 4) is 5.75 Å². The maximum absolute atomic E-state index is 12.7. The van der Waals surface area contributed by atoms with Gasteiger partial charge < -0.3 is 19.1 Å².